The summed E-state index contributed by atoms with van der Waals surface area (Å²) in [7, 11) is 0. The Hall–Kier alpha value is -0.350. The van der Waals surface area contributed by atoms with Gasteiger partial charge < -0.3 is 5.32 Å². The van der Waals surface area contributed by atoms with E-state index in [2.05, 4.69) is 46.5 Å². The third-order valence-electron chi connectivity index (χ3n) is 3.22. The summed E-state index contributed by atoms with van der Waals surface area (Å²) in [5, 5.41) is 5.31. The average Bonchev–Trinajstić information content (AvgIpc) is 2.75. The molecule has 2 rings (SSSR count). The lowest BCUT2D eigenvalue weighted by Gasteiger charge is -2.31. The highest BCUT2D eigenvalue weighted by molar-refractivity contribution is 9.10. The van der Waals surface area contributed by atoms with Crippen LogP contribution in [0.2, 0.25) is 0 Å². The number of nitrogens with one attached hydrogen (secondary N) is 1. The van der Waals surface area contributed by atoms with E-state index in [9.17, 15) is 4.79 Å². The summed E-state index contributed by atoms with van der Waals surface area (Å²) in [4.78, 5) is 12.9. The van der Waals surface area contributed by atoms with Crippen LogP contribution in [0.4, 0.5) is 0 Å². The molecule has 0 bridgehead atoms. The van der Waals surface area contributed by atoms with Gasteiger partial charge in [0.1, 0.15) is 0 Å². The minimum Gasteiger partial charge on any atom is -0.350 e. The minimum absolute atomic E-state index is 0.0153. The molecular formula is C13H18BrNOS. The lowest BCUT2D eigenvalue weighted by molar-refractivity contribution is -0.119. The van der Waals surface area contributed by atoms with Crippen LogP contribution in [0.15, 0.2) is 15.9 Å². The Kier molecular flexibility index (Phi) is 3.93. The summed E-state index contributed by atoms with van der Waals surface area (Å²) in [6.07, 6.45) is 3.66. The average molecular weight is 316 g/mol. The van der Waals surface area contributed by atoms with Crippen molar-refractivity contribution in [2.45, 2.75) is 45.1 Å². The van der Waals surface area contributed by atoms with Gasteiger partial charge in [-0.3, -0.25) is 4.79 Å². The zero-order valence-electron chi connectivity index (χ0n) is 10.3. The summed E-state index contributed by atoms with van der Waals surface area (Å²) in [5.41, 5.74) is -0.0153. The lowest BCUT2D eigenvalue weighted by Crippen LogP contribution is -2.44. The number of carbonyl (C=O) groups excluding carboxylic acids is 1. The fourth-order valence-electron chi connectivity index (χ4n) is 2.67. The van der Waals surface area contributed by atoms with Gasteiger partial charge in [-0.25, -0.2) is 0 Å². The second-order valence-corrected chi connectivity index (χ2v) is 7.15. The predicted octanol–water partition coefficient (Wildman–Crippen LogP) is 3.75. The molecule has 1 saturated heterocycles. The van der Waals surface area contributed by atoms with Gasteiger partial charge in [0, 0.05) is 27.7 Å². The summed E-state index contributed by atoms with van der Waals surface area (Å²) in [6.45, 7) is 4.44. The molecular weight excluding hydrogens is 298 g/mol. The van der Waals surface area contributed by atoms with Crippen molar-refractivity contribution in [2.24, 2.45) is 5.92 Å². The fourth-order valence-corrected chi connectivity index (χ4v) is 4.31. The molecule has 0 aliphatic carbocycles. The number of rotatable bonds is 4. The number of hydrogen-bond donors (Lipinski definition) is 1. The molecule has 0 spiro atoms. The molecule has 1 atom stereocenters. The highest BCUT2D eigenvalue weighted by Crippen LogP contribution is 2.35. The fraction of sp³-hybridized carbons (Fsp3) is 0.615. The zero-order valence-corrected chi connectivity index (χ0v) is 12.7. The van der Waals surface area contributed by atoms with Crippen LogP contribution in [0.25, 0.3) is 0 Å². The molecule has 1 fully saturated rings. The molecule has 0 aromatic carbocycles. The number of hydrogen-bond acceptors (Lipinski definition) is 2. The highest BCUT2D eigenvalue weighted by atomic mass is 79.9. The normalized spacial score (nSPS) is 24.4. The van der Waals surface area contributed by atoms with Crippen molar-refractivity contribution >= 4 is 33.2 Å². The van der Waals surface area contributed by atoms with Gasteiger partial charge in [-0.15, -0.1) is 11.3 Å². The zero-order chi connectivity index (χ0) is 12.5. The van der Waals surface area contributed by atoms with Crippen molar-refractivity contribution in [1.29, 1.82) is 0 Å². The molecule has 17 heavy (non-hydrogen) atoms. The Balaban J connectivity index is 2.17. The van der Waals surface area contributed by atoms with E-state index in [-0.39, 0.29) is 11.4 Å². The van der Waals surface area contributed by atoms with E-state index in [0.717, 1.165) is 19.3 Å². The molecule has 0 saturated carbocycles. The second-order valence-electron chi connectivity index (χ2n) is 5.29. The maximum atomic E-state index is 11.5. The van der Waals surface area contributed by atoms with E-state index < -0.39 is 0 Å². The van der Waals surface area contributed by atoms with Crippen LogP contribution in [0.1, 0.15) is 38.0 Å². The SMILES string of the molecule is CC(C)CC1(Cc2sccc2Br)CCC(=O)N1. The van der Waals surface area contributed by atoms with Gasteiger partial charge >= 0.3 is 0 Å². The van der Waals surface area contributed by atoms with Crippen molar-refractivity contribution in [3.63, 3.8) is 0 Å². The molecule has 0 radical (unpaired) electrons. The van der Waals surface area contributed by atoms with Gasteiger partial charge in [-0.2, -0.15) is 0 Å². The Morgan fingerprint density at radius 3 is 2.82 bits per heavy atom. The van der Waals surface area contributed by atoms with Crippen molar-refractivity contribution in [2.75, 3.05) is 0 Å². The van der Waals surface area contributed by atoms with Crippen molar-refractivity contribution < 1.29 is 4.79 Å². The highest BCUT2D eigenvalue weighted by Gasteiger charge is 2.38. The first-order valence-corrected chi connectivity index (χ1v) is 7.71. The van der Waals surface area contributed by atoms with Crippen LogP contribution in [0.3, 0.4) is 0 Å². The monoisotopic (exact) mass is 315 g/mol. The van der Waals surface area contributed by atoms with E-state index in [1.165, 1.54) is 9.35 Å². The van der Waals surface area contributed by atoms with Crippen molar-refractivity contribution in [3.8, 4) is 0 Å². The standard InChI is InChI=1S/C13H18BrNOS/c1-9(2)7-13(5-3-12(16)15-13)8-11-10(14)4-6-17-11/h4,6,9H,3,5,7-8H2,1-2H3,(H,15,16). The van der Waals surface area contributed by atoms with Crippen molar-refractivity contribution in [1.82, 2.24) is 5.32 Å². The van der Waals surface area contributed by atoms with Gasteiger partial charge in [0.05, 0.1) is 0 Å². The Morgan fingerprint density at radius 1 is 1.59 bits per heavy atom. The number of halogens is 1. The molecule has 2 nitrogen and oxygen atoms in total. The molecule has 1 N–H and O–H groups in total. The molecule has 1 aliphatic heterocycles. The van der Waals surface area contributed by atoms with Crippen LogP contribution in [-0.2, 0) is 11.2 Å². The topological polar surface area (TPSA) is 29.1 Å². The van der Waals surface area contributed by atoms with E-state index in [4.69, 9.17) is 0 Å². The summed E-state index contributed by atoms with van der Waals surface area (Å²) >= 11 is 5.34. The van der Waals surface area contributed by atoms with E-state index in [1.807, 2.05) is 0 Å². The van der Waals surface area contributed by atoms with Crippen LogP contribution < -0.4 is 5.32 Å². The molecule has 1 amide bonds. The minimum atomic E-state index is -0.0153. The first kappa shape index (κ1) is 13.1. The van der Waals surface area contributed by atoms with Crippen LogP contribution in [0, 0.1) is 5.92 Å². The van der Waals surface area contributed by atoms with Gasteiger partial charge in [0.15, 0.2) is 0 Å². The Labute approximate surface area is 115 Å². The number of thiophene rings is 1. The lowest BCUT2D eigenvalue weighted by atomic mass is 9.84. The molecule has 2 heterocycles. The number of carbonyl (C=O) groups is 1. The molecule has 1 aromatic heterocycles. The third kappa shape index (κ3) is 3.10. The second kappa shape index (κ2) is 5.11. The van der Waals surface area contributed by atoms with E-state index >= 15 is 0 Å². The Bertz CT molecular complexity index is 415. The largest absolute Gasteiger partial charge is 0.350 e. The third-order valence-corrected chi connectivity index (χ3v) is 5.15. The summed E-state index contributed by atoms with van der Waals surface area (Å²) < 4.78 is 1.17. The first-order chi connectivity index (χ1) is 8.01. The van der Waals surface area contributed by atoms with Gasteiger partial charge in [-0.05, 0) is 46.1 Å². The molecule has 1 aliphatic rings. The predicted molar refractivity (Wildman–Crippen MR) is 75.3 cm³/mol. The van der Waals surface area contributed by atoms with E-state index in [1.54, 1.807) is 11.3 Å². The smallest absolute Gasteiger partial charge is 0.220 e. The first-order valence-electron chi connectivity index (χ1n) is 6.04. The van der Waals surface area contributed by atoms with E-state index in [0.29, 0.717) is 12.3 Å². The molecule has 94 valence electrons. The van der Waals surface area contributed by atoms with Gasteiger partial charge in [0.2, 0.25) is 5.91 Å². The van der Waals surface area contributed by atoms with Crippen LogP contribution >= 0.6 is 27.3 Å². The summed E-state index contributed by atoms with van der Waals surface area (Å²) in [5.74, 6) is 0.811. The maximum absolute atomic E-state index is 11.5. The van der Waals surface area contributed by atoms with Gasteiger partial charge in [-0.1, -0.05) is 13.8 Å². The molecule has 4 heteroatoms. The molecule has 1 aromatic rings. The Morgan fingerprint density at radius 2 is 2.35 bits per heavy atom. The summed E-state index contributed by atoms with van der Waals surface area (Å²) in [6, 6.07) is 2.08. The van der Waals surface area contributed by atoms with Crippen molar-refractivity contribution in [3.05, 3.63) is 20.8 Å². The molecule has 1 unspecified atom stereocenters. The maximum Gasteiger partial charge on any atom is 0.220 e. The van der Waals surface area contributed by atoms with Crippen LogP contribution in [0.5, 0.6) is 0 Å². The van der Waals surface area contributed by atoms with Crippen LogP contribution in [-0.4, -0.2) is 11.4 Å². The number of amides is 1. The quantitative estimate of drug-likeness (QED) is 0.900. The van der Waals surface area contributed by atoms with Gasteiger partial charge in [0.25, 0.3) is 0 Å².